The molecule has 0 aromatic rings. The predicted molar refractivity (Wildman–Crippen MR) is 85.0 cm³/mol. The van der Waals surface area contributed by atoms with E-state index in [0.29, 0.717) is 12.3 Å². The highest BCUT2D eigenvalue weighted by Gasteiger charge is 2.47. The number of nitrogens with one attached hydrogen (secondary N) is 1. The molecule has 1 heterocycles. The Kier molecular flexibility index (Phi) is 8.61. The van der Waals surface area contributed by atoms with Gasteiger partial charge in [0.25, 0.3) is 0 Å². The molecule has 140 valence electrons. The van der Waals surface area contributed by atoms with Crippen molar-refractivity contribution in [2.24, 2.45) is 5.92 Å². The van der Waals surface area contributed by atoms with Crippen molar-refractivity contribution in [3.05, 3.63) is 0 Å². The summed E-state index contributed by atoms with van der Waals surface area (Å²) < 4.78 is 4.76. The first-order valence-electron chi connectivity index (χ1n) is 8.46. The molecule has 8 nitrogen and oxygen atoms in total. The number of carboxylic acid groups (broad SMARTS) is 1. The zero-order chi connectivity index (χ0) is 18.3. The number of hydrogen-bond acceptors (Lipinski definition) is 6. The lowest BCUT2D eigenvalue weighted by molar-refractivity contribution is -0.249. The number of carbonyl (C=O) groups is 2. The van der Waals surface area contributed by atoms with Gasteiger partial charge in [0.1, 0.15) is 18.2 Å². The molecule has 5 N–H and O–H groups in total. The monoisotopic (exact) mass is 347 g/mol. The highest BCUT2D eigenvalue weighted by molar-refractivity contribution is 5.76. The van der Waals surface area contributed by atoms with Gasteiger partial charge in [-0.1, -0.05) is 39.5 Å². The van der Waals surface area contributed by atoms with Crippen LogP contribution in [0.1, 0.15) is 52.4 Å². The van der Waals surface area contributed by atoms with Crippen LogP contribution in [0.15, 0.2) is 0 Å². The Morgan fingerprint density at radius 1 is 1.04 bits per heavy atom. The van der Waals surface area contributed by atoms with Crippen molar-refractivity contribution < 1.29 is 34.8 Å². The SMILES string of the molecule is CC(C)CCCCCCC(=O)N[C@@H]1[C@@H](O)[C@H](O)[C@@H](C(=O)O)O[C@H]1O. The van der Waals surface area contributed by atoms with Crippen LogP contribution in [-0.2, 0) is 14.3 Å². The summed E-state index contributed by atoms with van der Waals surface area (Å²) in [5.41, 5.74) is 0. The highest BCUT2D eigenvalue weighted by Crippen LogP contribution is 2.20. The number of carbonyl (C=O) groups excluding carboxylic acids is 1. The Morgan fingerprint density at radius 2 is 1.67 bits per heavy atom. The van der Waals surface area contributed by atoms with Crippen LogP contribution in [0.5, 0.6) is 0 Å². The van der Waals surface area contributed by atoms with Crippen molar-refractivity contribution in [1.82, 2.24) is 5.32 Å². The number of amides is 1. The van der Waals surface area contributed by atoms with E-state index in [0.717, 1.165) is 25.7 Å². The number of rotatable bonds is 9. The third-order valence-electron chi connectivity index (χ3n) is 4.13. The van der Waals surface area contributed by atoms with Gasteiger partial charge >= 0.3 is 5.97 Å². The van der Waals surface area contributed by atoms with Crippen LogP contribution in [0.4, 0.5) is 0 Å². The topological polar surface area (TPSA) is 136 Å². The minimum Gasteiger partial charge on any atom is -0.479 e. The molecule has 0 aromatic carbocycles. The van der Waals surface area contributed by atoms with Gasteiger partial charge in [-0.15, -0.1) is 0 Å². The maximum absolute atomic E-state index is 11.9. The average Bonchev–Trinajstić information content (AvgIpc) is 2.50. The van der Waals surface area contributed by atoms with Crippen LogP contribution in [0.3, 0.4) is 0 Å². The molecular formula is C16H29NO7. The Balaban J connectivity index is 2.34. The predicted octanol–water partition coefficient (Wildman–Crippen LogP) is -0.00860. The second-order valence-electron chi connectivity index (χ2n) is 6.71. The summed E-state index contributed by atoms with van der Waals surface area (Å²) in [6.07, 6.45) is -1.62. The normalized spacial score (nSPS) is 30.3. The van der Waals surface area contributed by atoms with Crippen molar-refractivity contribution in [3.63, 3.8) is 0 Å². The lowest BCUT2D eigenvalue weighted by atomic mass is 9.96. The van der Waals surface area contributed by atoms with Crippen LogP contribution >= 0.6 is 0 Å². The molecule has 0 aromatic heterocycles. The second-order valence-corrected chi connectivity index (χ2v) is 6.71. The molecule has 0 bridgehead atoms. The molecule has 8 heteroatoms. The first-order chi connectivity index (χ1) is 11.2. The molecule has 5 atom stereocenters. The fourth-order valence-corrected chi connectivity index (χ4v) is 2.69. The Bertz CT molecular complexity index is 415. The zero-order valence-corrected chi connectivity index (χ0v) is 14.2. The molecule has 1 aliphatic rings. The fourth-order valence-electron chi connectivity index (χ4n) is 2.69. The lowest BCUT2D eigenvalue weighted by Gasteiger charge is -2.39. The van der Waals surface area contributed by atoms with Crippen LogP contribution in [0.2, 0.25) is 0 Å². The van der Waals surface area contributed by atoms with Crippen LogP contribution in [0, 0.1) is 5.92 Å². The summed E-state index contributed by atoms with van der Waals surface area (Å²) in [6.45, 7) is 4.33. The smallest absolute Gasteiger partial charge is 0.335 e. The fraction of sp³-hybridized carbons (Fsp3) is 0.875. The number of carboxylic acids is 1. The number of aliphatic carboxylic acids is 1. The number of aliphatic hydroxyl groups is 3. The van der Waals surface area contributed by atoms with Gasteiger partial charge in [0.05, 0.1) is 0 Å². The van der Waals surface area contributed by atoms with Crippen molar-refractivity contribution in [2.75, 3.05) is 0 Å². The Morgan fingerprint density at radius 3 is 2.25 bits per heavy atom. The van der Waals surface area contributed by atoms with E-state index >= 15 is 0 Å². The maximum atomic E-state index is 11.9. The van der Waals surface area contributed by atoms with Gasteiger partial charge < -0.3 is 30.5 Å². The molecule has 24 heavy (non-hydrogen) atoms. The Hall–Kier alpha value is -1.22. The van der Waals surface area contributed by atoms with Crippen molar-refractivity contribution in [3.8, 4) is 0 Å². The Labute approximate surface area is 141 Å². The minimum absolute atomic E-state index is 0.232. The van der Waals surface area contributed by atoms with Crippen molar-refractivity contribution in [1.29, 1.82) is 0 Å². The molecule has 0 aliphatic carbocycles. The van der Waals surface area contributed by atoms with E-state index in [2.05, 4.69) is 19.2 Å². The van der Waals surface area contributed by atoms with E-state index in [1.54, 1.807) is 0 Å². The lowest BCUT2D eigenvalue weighted by Crippen LogP contribution is -2.64. The first kappa shape index (κ1) is 20.8. The van der Waals surface area contributed by atoms with E-state index in [9.17, 15) is 24.9 Å². The van der Waals surface area contributed by atoms with E-state index < -0.39 is 36.6 Å². The molecule has 0 saturated carbocycles. The highest BCUT2D eigenvalue weighted by atomic mass is 16.6. The van der Waals surface area contributed by atoms with Gasteiger partial charge in [-0.2, -0.15) is 0 Å². The first-order valence-corrected chi connectivity index (χ1v) is 8.46. The van der Waals surface area contributed by atoms with Crippen LogP contribution < -0.4 is 5.32 Å². The summed E-state index contributed by atoms with van der Waals surface area (Å²) in [6, 6.07) is -1.26. The van der Waals surface area contributed by atoms with Crippen molar-refractivity contribution in [2.45, 2.75) is 83.0 Å². The van der Waals surface area contributed by atoms with Gasteiger partial charge in [-0.05, 0) is 12.3 Å². The maximum Gasteiger partial charge on any atom is 0.335 e. The second kappa shape index (κ2) is 9.93. The van der Waals surface area contributed by atoms with E-state index in [1.165, 1.54) is 0 Å². The van der Waals surface area contributed by atoms with Gasteiger partial charge in [-0.25, -0.2) is 4.79 Å². The van der Waals surface area contributed by atoms with E-state index in [4.69, 9.17) is 9.84 Å². The summed E-state index contributed by atoms with van der Waals surface area (Å²) in [4.78, 5) is 22.7. The van der Waals surface area contributed by atoms with Gasteiger partial charge in [-0.3, -0.25) is 4.79 Å². The standard InChI is InChI=1S/C16H29NO7/c1-9(2)7-5-3-4-6-8-10(18)17-11-12(19)13(20)14(15(21)22)24-16(11)23/h9,11-14,16,19-20,23H,3-8H2,1-2H3,(H,17,18)(H,21,22)/t11-,12-,13+,14+,16-/m1/s1. The molecule has 1 aliphatic heterocycles. The number of hydrogen-bond donors (Lipinski definition) is 5. The minimum atomic E-state index is -1.73. The summed E-state index contributed by atoms with van der Waals surface area (Å²) in [5, 5.41) is 40.6. The average molecular weight is 347 g/mol. The third-order valence-corrected chi connectivity index (χ3v) is 4.13. The third kappa shape index (κ3) is 6.35. The summed E-state index contributed by atoms with van der Waals surface area (Å²) in [5.74, 6) is -1.21. The molecule has 0 radical (unpaired) electrons. The molecule has 1 saturated heterocycles. The summed E-state index contributed by atoms with van der Waals surface area (Å²) >= 11 is 0. The van der Waals surface area contributed by atoms with E-state index in [-0.39, 0.29) is 12.3 Å². The molecule has 0 spiro atoms. The zero-order valence-electron chi connectivity index (χ0n) is 14.2. The number of ether oxygens (including phenoxy) is 1. The van der Waals surface area contributed by atoms with Gasteiger partial charge in [0.2, 0.25) is 5.91 Å². The molecule has 0 unspecified atom stereocenters. The molecular weight excluding hydrogens is 318 g/mol. The van der Waals surface area contributed by atoms with E-state index in [1.807, 2.05) is 0 Å². The van der Waals surface area contributed by atoms with Crippen LogP contribution in [-0.4, -0.2) is 62.9 Å². The number of aliphatic hydroxyl groups excluding tert-OH is 3. The molecule has 1 amide bonds. The number of unbranched alkanes of at least 4 members (excludes halogenated alkanes) is 3. The largest absolute Gasteiger partial charge is 0.479 e. The molecule has 1 rings (SSSR count). The van der Waals surface area contributed by atoms with Gasteiger partial charge in [0, 0.05) is 6.42 Å². The quantitative estimate of drug-likeness (QED) is 0.370. The van der Waals surface area contributed by atoms with Crippen LogP contribution in [0.25, 0.3) is 0 Å². The molecule has 1 fully saturated rings. The van der Waals surface area contributed by atoms with Crippen molar-refractivity contribution >= 4 is 11.9 Å². The summed E-state index contributed by atoms with van der Waals surface area (Å²) in [7, 11) is 0. The van der Waals surface area contributed by atoms with Gasteiger partial charge in [0.15, 0.2) is 12.4 Å².